The first-order chi connectivity index (χ1) is 5.23. The second-order valence-corrected chi connectivity index (χ2v) is 3.16. The summed E-state index contributed by atoms with van der Waals surface area (Å²) in [6.07, 6.45) is 10.9. The van der Waals surface area contributed by atoms with Crippen molar-refractivity contribution in [3.8, 4) is 12.3 Å². The summed E-state index contributed by atoms with van der Waals surface area (Å²) >= 11 is 0. The summed E-state index contributed by atoms with van der Waals surface area (Å²) in [4.78, 5) is 0. The van der Waals surface area contributed by atoms with E-state index in [4.69, 9.17) is 6.42 Å². The highest BCUT2D eigenvalue weighted by atomic mass is 16.3. The molecule has 0 aliphatic heterocycles. The Hall–Kier alpha value is -0.740. The molecule has 1 N–H and O–H groups in total. The molecule has 1 saturated carbocycles. The van der Waals surface area contributed by atoms with E-state index in [0.717, 1.165) is 25.7 Å². The van der Waals surface area contributed by atoms with Gasteiger partial charge in [0.25, 0.3) is 0 Å². The van der Waals surface area contributed by atoms with Gasteiger partial charge in [-0.2, -0.15) is 0 Å². The van der Waals surface area contributed by atoms with Crippen molar-refractivity contribution >= 4 is 0 Å². The first kappa shape index (κ1) is 8.36. The van der Waals surface area contributed by atoms with Gasteiger partial charge in [-0.15, -0.1) is 13.0 Å². The van der Waals surface area contributed by atoms with Crippen molar-refractivity contribution in [2.75, 3.05) is 0 Å². The van der Waals surface area contributed by atoms with E-state index in [1.807, 2.05) is 0 Å². The Kier molecular flexibility index (Phi) is 2.36. The molecule has 60 valence electrons. The highest BCUT2D eigenvalue weighted by molar-refractivity contribution is 5.15. The highest BCUT2D eigenvalue weighted by Gasteiger charge is 2.34. The number of terminal acetylenes is 1. The first-order valence-electron chi connectivity index (χ1n) is 4.05. The van der Waals surface area contributed by atoms with Crippen LogP contribution in [-0.2, 0) is 0 Å². The van der Waals surface area contributed by atoms with Crippen LogP contribution in [0.1, 0.15) is 25.7 Å². The summed E-state index contributed by atoms with van der Waals surface area (Å²) in [7, 11) is 0. The first-order valence-corrected chi connectivity index (χ1v) is 4.05. The van der Waals surface area contributed by atoms with E-state index in [0.29, 0.717) is 0 Å². The third-order valence-corrected chi connectivity index (χ3v) is 2.47. The van der Waals surface area contributed by atoms with Crippen LogP contribution in [0.2, 0.25) is 0 Å². The van der Waals surface area contributed by atoms with E-state index >= 15 is 0 Å². The Balaban J connectivity index is 2.74. The van der Waals surface area contributed by atoms with Crippen LogP contribution in [0.15, 0.2) is 12.7 Å². The highest BCUT2D eigenvalue weighted by Crippen LogP contribution is 2.33. The van der Waals surface area contributed by atoms with Crippen molar-refractivity contribution in [2.24, 2.45) is 5.92 Å². The maximum Gasteiger partial charge on any atom is 0.131 e. The second kappa shape index (κ2) is 3.11. The molecule has 0 heterocycles. The topological polar surface area (TPSA) is 20.2 Å². The summed E-state index contributed by atoms with van der Waals surface area (Å²) in [5.41, 5.74) is -0.903. The molecule has 0 spiro atoms. The Bertz CT molecular complexity index is 190. The Labute approximate surface area is 68.1 Å². The van der Waals surface area contributed by atoms with Crippen molar-refractivity contribution in [3.05, 3.63) is 12.7 Å². The molecule has 0 bridgehead atoms. The molecule has 1 fully saturated rings. The number of hydrogen-bond acceptors (Lipinski definition) is 1. The van der Waals surface area contributed by atoms with Gasteiger partial charge >= 0.3 is 0 Å². The van der Waals surface area contributed by atoms with Crippen LogP contribution < -0.4 is 0 Å². The zero-order chi connectivity index (χ0) is 8.32. The lowest BCUT2D eigenvalue weighted by Gasteiger charge is -2.33. The van der Waals surface area contributed by atoms with Crippen LogP contribution in [-0.4, -0.2) is 10.7 Å². The van der Waals surface area contributed by atoms with Crippen LogP contribution in [0, 0.1) is 18.3 Å². The molecular weight excluding hydrogens is 136 g/mol. The number of hydrogen-bond donors (Lipinski definition) is 1. The van der Waals surface area contributed by atoms with Crippen molar-refractivity contribution in [1.82, 2.24) is 0 Å². The zero-order valence-electron chi connectivity index (χ0n) is 6.71. The summed E-state index contributed by atoms with van der Waals surface area (Å²) in [5, 5.41) is 9.83. The average Bonchev–Trinajstić information content (AvgIpc) is 2.05. The van der Waals surface area contributed by atoms with Crippen LogP contribution in [0.3, 0.4) is 0 Å². The Morgan fingerprint density at radius 2 is 2.36 bits per heavy atom. The van der Waals surface area contributed by atoms with Crippen LogP contribution in [0.4, 0.5) is 0 Å². The summed E-state index contributed by atoms with van der Waals surface area (Å²) in [6, 6.07) is 0. The molecule has 0 aromatic carbocycles. The fraction of sp³-hybridized carbons (Fsp3) is 0.600. The van der Waals surface area contributed by atoms with E-state index in [1.54, 1.807) is 6.08 Å². The molecule has 2 atom stereocenters. The molecule has 1 aliphatic rings. The monoisotopic (exact) mass is 150 g/mol. The SMILES string of the molecule is C#CC1(O)CCCCC1C=C. The standard InChI is InChI=1S/C10H14O/c1-3-9-7-5-6-8-10(9,11)4-2/h2-3,9,11H,1,5-8H2. The molecule has 0 aromatic heterocycles. The van der Waals surface area contributed by atoms with E-state index in [-0.39, 0.29) is 5.92 Å². The van der Waals surface area contributed by atoms with Gasteiger partial charge in [0.1, 0.15) is 5.60 Å². The van der Waals surface area contributed by atoms with Crippen LogP contribution >= 0.6 is 0 Å². The third-order valence-electron chi connectivity index (χ3n) is 2.47. The maximum absolute atomic E-state index is 9.83. The van der Waals surface area contributed by atoms with Crippen molar-refractivity contribution in [1.29, 1.82) is 0 Å². The quantitative estimate of drug-likeness (QED) is 0.446. The molecule has 0 saturated heterocycles. The predicted octanol–water partition coefficient (Wildman–Crippen LogP) is 1.73. The molecular formula is C10H14O. The van der Waals surface area contributed by atoms with Gasteiger partial charge < -0.3 is 5.11 Å². The minimum atomic E-state index is -0.903. The van der Waals surface area contributed by atoms with Gasteiger partial charge in [0, 0.05) is 5.92 Å². The molecule has 11 heavy (non-hydrogen) atoms. The fourth-order valence-corrected chi connectivity index (χ4v) is 1.67. The van der Waals surface area contributed by atoms with Crippen molar-refractivity contribution < 1.29 is 5.11 Å². The number of aliphatic hydroxyl groups is 1. The van der Waals surface area contributed by atoms with Gasteiger partial charge in [-0.3, -0.25) is 0 Å². The van der Waals surface area contributed by atoms with Gasteiger partial charge in [0.05, 0.1) is 0 Å². The lowest BCUT2D eigenvalue weighted by Crippen LogP contribution is -2.37. The predicted molar refractivity (Wildman–Crippen MR) is 45.9 cm³/mol. The summed E-state index contributed by atoms with van der Waals surface area (Å²) < 4.78 is 0. The van der Waals surface area contributed by atoms with Crippen LogP contribution in [0.5, 0.6) is 0 Å². The van der Waals surface area contributed by atoms with Gasteiger partial charge in [0.2, 0.25) is 0 Å². The lowest BCUT2D eigenvalue weighted by atomic mass is 9.76. The van der Waals surface area contributed by atoms with E-state index < -0.39 is 5.60 Å². The van der Waals surface area contributed by atoms with Gasteiger partial charge in [-0.05, 0) is 19.3 Å². The molecule has 0 amide bonds. The molecule has 2 unspecified atom stereocenters. The minimum Gasteiger partial charge on any atom is -0.377 e. The fourth-order valence-electron chi connectivity index (χ4n) is 1.67. The van der Waals surface area contributed by atoms with Gasteiger partial charge in [0.15, 0.2) is 0 Å². The van der Waals surface area contributed by atoms with E-state index in [2.05, 4.69) is 12.5 Å². The smallest absolute Gasteiger partial charge is 0.131 e. The molecule has 1 aliphatic carbocycles. The Morgan fingerprint density at radius 3 is 2.82 bits per heavy atom. The number of rotatable bonds is 1. The van der Waals surface area contributed by atoms with Crippen molar-refractivity contribution in [2.45, 2.75) is 31.3 Å². The lowest BCUT2D eigenvalue weighted by molar-refractivity contribution is 0.0253. The van der Waals surface area contributed by atoms with Gasteiger partial charge in [-0.25, -0.2) is 0 Å². The summed E-state index contributed by atoms with van der Waals surface area (Å²) in [6.45, 7) is 3.67. The minimum absolute atomic E-state index is 0.0984. The largest absolute Gasteiger partial charge is 0.377 e. The van der Waals surface area contributed by atoms with E-state index in [1.165, 1.54) is 0 Å². The van der Waals surface area contributed by atoms with E-state index in [9.17, 15) is 5.11 Å². The third kappa shape index (κ3) is 1.46. The van der Waals surface area contributed by atoms with Gasteiger partial charge in [-0.1, -0.05) is 18.4 Å². The molecule has 0 aromatic rings. The van der Waals surface area contributed by atoms with Crippen molar-refractivity contribution in [3.63, 3.8) is 0 Å². The average molecular weight is 150 g/mol. The summed E-state index contributed by atoms with van der Waals surface area (Å²) in [5.74, 6) is 2.56. The normalized spacial score (nSPS) is 37.6. The molecule has 1 nitrogen and oxygen atoms in total. The molecule has 1 rings (SSSR count). The Morgan fingerprint density at radius 1 is 1.64 bits per heavy atom. The second-order valence-electron chi connectivity index (χ2n) is 3.16. The van der Waals surface area contributed by atoms with Crippen LogP contribution in [0.25, 0.3) is 0 Å². The molecule has 0 radical (unpaired) electrons. The zero-order valence-corrected chi connectivity index (χ0v) is 6.71. The molecule has 1 heteroatoms. The maximum atomic E-state index is 9.83.